The zero-order chi connectivity index (χ0) is 22.1. The summed E-state index contributed by atoms with van der Waals surface area (Å²) in [5.74, 6) is -0.168. The average molecular weight is 406 g/mol. The molecule has 0 saturated carbocycles. The Hall–Kier alpha value is -3.59. The lowest BCUT2D eigenvalue weighted by molar-refractivity contribution is -0.150. The van der Waals surface area contributed by atoms with E-state index in [-0.39, 0.29) is 12.1 Å². The van der Waals surface area contributed by atoms with Crippen LogP contribution in [-0.2, 0) is 20.9 Å². The van der Waals surface area contributed by atoms with E-state index >= 15 is 0 Å². The largest absolute Gasteiger partial charge is 0.497 e. The summed E-state index contributed by atoms with van der Waals surface area (Å²) in [5, 5.41) is 12.0. The molecule has 2 aromatic rings. The molecule has 0 aromatic heterocycles. The number of ether oxygens (including phenoxy) is 2. The molecule has 0 aliphatic heterocycles. The fourth-order valence-corrected chi connectivity index (χ4v) is 2.63. The highest BCUT2D eigenvalue weighted by molar-refractivity contribution is 5.99. The number of carbonyl (C=O) groups excluding carboxylic acids is 2. The van der Waals surface area contributed by atoms with Gasteiger partial charge in [0.1, 0.15) is 17.4 Å². The van der Waals surface area contributed by atoms with Crippen LogP contribution in [0.1, 0.15) is 43.4 Å². The molecule has 0 radical (unpaired) electrons. The van der Waals surface area contributed by atoms with Gasteiger partial charge >= 0.3 is 5.97 Å². The fourth-order valence-electron chi connectivity index (χ4n) is 2.63. The van der Waals surface area contributed by atoms with Gasteiger partial charge in [0.15, 0.2) is 6.10 Å². The number of rotatable bonds is 8. The van der Waals surface area contributed by atoms with E-state index in [0.717, 1.165) is 16.9 Å². The topological polar surface area (TPSA) is 88.4 Å². The molecule has 0 unspecified atom stereocenters. The van der Waals surface area contributed by atoms with Gasteiger partial charge in [-0.25, -0.2) is 4.79 Å². The molecule has 1 N–H and O–H groups in total. The van der Waals surface area contributed by atoms with Gasteiger partial charge in [-0.05, 0) is 47.7 Å². The predicted molar refractivity (Wildman–Crippen MR) is 115 cm³/mol. The van der Waals surface area contributed by atoms with Gasteiger partial charge in [0, 0.05) is 6.54 Å². The standard InChI is InChI=1S/C24H26N2O4/c1-16(2)20-9-5-18(6-10-20)13-21(14-25)24(28)30-17(3)23(27)26-15-19-7-11-22(29-4)12-8-19/h5-13,16-17H,15H2,1-4H3,(H,26,27)/b21-13+/t17-/m1/s1. The van der Waals surface area contributed by atoms with Crippen molar-refractivity contribution in [1.82, 2.24) is 5.32 Å². The summed E-state index contributed by atoms with van der Waals surface area (Å²) < 4.78 is 10.3. The molecule has 0 spiro atoms. The quantitative estimate of drug-likeness (QED) is 0.407. The second-order valence-corrected chi connectivity index (χ2v) is 7.10. The van der Waals surface area contributed by atoms with E-state index in [1.165, 1.54) is 13.0 Å². The van der Waals surface area contributed by atoms with Gasteiger partial charge < -0.3 is 14.8 Å². The highest BCUT2D eigenvalue weighted by atomic mass is 16.5. The van der Waals surface area contributed by atoms with Crippen LogP contribution >= 0.6 is 0 Å². The zero-order valence-electron chi connectivity index (χ0n) is 17.6. The van der Waals surface area contributed by atoms with Crippen molar-refractivity contribution >= 4 is 18.0 Å². The molecular weight excluding hydrogens is 380 g/mol. The van der Waals surface area contributed by atoms with Crippen LogP contribution in [0.25, 0.3) is 6.08 Å². The van der Waals surface area contributed by atoms with Crippen LogP contribution in [0.3, 0.4) is 0 Å². The SMILES string of the molecule is COc1ccc(CNC(=O)[C@@H](C)OC(=O)/C(C#N)=C/c2ccc(C(C)C)cc2)cc1. The summed E-state index contributed by atoms with van der Waals surface area (Å²) in [6.07, 6.45) is 0.421. The van der Waals surface area contributed by atoms with Gasteiger partial charge in [-0.3, -0.25) is 4.79 Å². The van der Waals surface area contributed by atoms with Gasteiger partial charge in [0.2, 0.25) is 0 Å². The normalized spacial score (nSPS) is 12.1. The molecule has 2 rings (SSSR count). The van der Waals surface area contributed by atoms with Crippen LogP contribution in [0, 0.1) is 11.3 Å². The third-order valence-corrected chi connectivity index (χ3v) is 4.53. The number of esters is 1. The van der Waals surface area contributed by atoms with E-state index in [2.05, 4.69) is 19.2 Å². The maximum Gasteiger partial charge on any atom is 0.349 e. The molecule has 0 fully saturated rings. The maximum atomic E-state index is 12.3. The maximum absolute atomic E-state index is 12.3. The van der Waals surface area contributed by atoms with Gasteiger partial charge in [-0.1, -0.05) is 50.2 Å². The van der Waals surface area contributed by atoms with Crippen molar-refractivity contribution in [2.75, 3.05) is 7.11 Å². The molecule has 6 nitrogen and oxygen atoms in total. The van der Waals surface area contributed by atoms with Crippen molar-refractivity contribution in [1.29, 1.82) is 5.26 Å². The monoisotopic (exact) mass is 406 g/mol. The minimum Gasteiger partial charge on any atom is -0.497 e. The molecule has 0 aliphatic rings. The van der Waals surface area contributed by atoms with E-state index in [4.69, 9.17) is 9.47 Å². The Kier molecular flexibility index (Phi) is 8.18. The second-order valence-electron chi connectivity index (χ2n) is 7.10. The Morgan fingerprint density at radius 1 is 1.07 bits per heavy atom. The first kappa shape index (κ1) is 22.7. The van der Waals surface area contributed by atoms with E-state index in [0.29, 0.717) is 11.5 Å². The van der Waals surface area contributed by atoms with Gasteiger partial charge in [-0.15, -0.1) is 0 Å². The first-order valence-corrected chi connectivity index (χ1v) is 9.67. The number of hydrogen-bond donors (Lipinski definition) is 1. The first-order valence-electron chi connectivity index (χ1n) is 9.67. The Morgan fingerprint density at radius 3 is 2.23 bits per heavy atom. The first-order chi connectivity index (χ1) is 14.3. The average Bonchev–Trinajstić information content (AvgIpc) is 2.76. The van der Waals surface area contributed by atoms with E-state index in [1.807, 2.05) is 42.5 Å². The third kappa shape index (κ3) is 6.49. The highest BCUT2D eigenvalue weighted by Crippen LogP contribution is 2.17. The third-order valence-electron chi connectivity index (χ3n) is 4.53. The Labute approximate surface area is 177 Å². The van der Waals surface area contributed by atoms with Crippen LogP contribution < -0.4 is 10.1 Å². The van der Waals surface area contributed by atoms with Crippen molar-refractivity contribution in [3.05, 3.63) is 70.8 Å². The molecule has 0 saturated heterocycles. The van der Waals surface area contributed by atoms with Crippen LogP contribution in [-0.4, -0.2) is 25.1 Å². The molecule has 0 heterocycles. The summed E-state index contributed by atoms with van der Waals surface area (Å²) in [5.41, 5.74) is 2.59. The van der Waals surface area contributed by atoms with Crippen molar-refractivity contribution in [2.24, 2.45) is 0 Å². The molecule has 1 atom stereocenters. The van der Waals surface area contributed by atoms with Crippen LogP contribution in [0.5, 0.6) is 5.75 Å². The van der Waals surface area contributed by atoms with Crippen LogP contribution in [0.2, 0.25) is 0 Å². The molecule has 30 heavy (non-hydrogen) atoms. The number of nitrogens with zero attached hydrogens (tertiary/aromatic N) is 1. The summed E-state index contributed by atoms with van der Waals surface area (Å²) in [6.45, 7) is 5.93. The molecule has 156 valence electrons. The van der Waals surface area contributed by atoms with Gasteiger partial charge in [0.05, 0.1) is 7.11 Å². The van der Waals surface area contributed by atoms with E-state index in [1.54, 1.807) is 19.2 Å². The van der Waals surface area contributed by atoms with Gasteiger partial charge in [0.25, 0.3) is 5.91 Å². The molecule has 0 aliphatic carbocycles. The van der Waals surface area contributed by atoms with Gasteiger partial charge in [-0.2, -0.15) is 5.26 Å². The van der Waals surface area contributed by atoms with E-state index < -0.39 is 18.0 Å². The Balaban J connectivity index is 1.94. The Bertz CT molecular complexity index is 939. The summed E-state index contributed by atoms with van der Waals surface area (Å²) in [6, 6.07) is 16.7. The molecule has 0 bridgehead atoms. The molecule has 6 heteroatoms. The van der Waals surface area contributed by atoms with Crippen LogP contribution in [0.15, 0.2) is 54.1 Å². The molecule has 1 amide bonds. The number of hydrogen-bond acceptors (Lipinski definition) is 5. The fraction of sp³-hybridized carbons (Fsp3) is 0.292. The Morgan fingerprint density at radius 2 is 1.70 bits per heavy atom. The number of amides is 1. The van der Waals surface area contributed by atoms with Crippen molar-refractivity contribution in [3.8, 4) is 11.8 Å². The minimum atomic E-state index is -1.03. The highest BCUT2D eigenvalue weighted by Gasteiger charge is 2.20. The van der Waals surface area contributed by atoms with Crippen molar-refractivity contribution in [3.63, 3.8) is 0 Å². The smallest absolute Gasteiger partial charge is 0.349 e. The summed E-state index contributed by atoms with van der Waals surface area (Å²) in [4.78, 5) is 24.5. The summed E-state index contributed by atoms with van der Waals surface area (Å²) >= 11 is 0. The lowest BCUT2D eigenvalue weighted by Crippen LogP contribution is -2.35. The minimum absolute atomic E-state index is 0.165. The number of carbonyl (C=O) groups is 2. The molecule has 2 aromatic carbocycles. The number of benzene rings is 2. The van der Waals surface area contributed by atoms with Crippen molar-refractivity contribution < 1.29 is 19.1 Å². The lowest BCUT2D eigenvalue weighted by Gasteiger charge is -2.13. The predicted octanol–water partition coefficient (Wildman–Crippen LogP) is 3.97. The van der Waals surface area contributed by atoms with E-state index in [9.17, 15) is 14.9 Å². The molecular formula is C24H26N2O4. The number of nitrogens with one attached hydrogen (secondary N) is 1. The van der Waals surface area contributed by atoms with Crippen LogP contribution in [0.4, 0.5) is 0 Å². The summed E-state index contributed by atoms with van der Waals surface area (Å²) in [7, 11) is 1.58. The number of methoxy groups -OCH3 is 1. The van der Waals surface area contributed by atoms with Crippen molar-refractivity contribution in [2.45, 2.75) is 39.3 Å². The second kappa shape index (κ2) is 10.8. The lowest BCUT2D eigenvalue weighted by atomic mass is 10.0. The zero-order valence-corrected chi connectivity index (χ0v) is 17.6. The number of nitriles is 1.